The van der Waals surface area contributed by atoms with E-state index in [9.17, 15) is 0 Å². The van der Waals surface area contributed by atoms with Crippen LogP contribution in [0.4, 0.5) is 0 Å². The minimum Gasteiger partial charge on any atom is -0.379 e. The van der Waals surface area contributed by atoms with Crippen LogP contribution in [0.3, 0.4) is 0 Å². The molecule has 2 aliphatic heterocycles. The molecule has 0 spiro atoms. The first kappa shape index (κ1) is 23.6. The average Bonchev–Trinajstić information content (AvgIpc) is 3.31. The van der Waals surface area contributed by atoms with Crippen molar-refractivity contribution in [3.63, 3.8) is 0 Å². The first-order valence-corrected chi connectivity index (χ1v) is 13.1. The first-order chi connectivity index (χ1) is 16.5. The van der Waals surface area contributed by atoms with Gasteiger partial charge in [0, 0.05) is 40.7 Å². The fraction of sp³-hybridized carbons (Fsp3) is 0.480. The molecule has 1 fully saturated rings. The van der Waals surface area contributed by atoms with E-state index >= 15 is 0 Å². The molecule has 1 unspecified atom stereocenters. The Balaban J connectivity index is 1.43. The van der Waals surface area contributed by atoms with Crippen LogP contribution in [-0.4, -0.2) is 71.3 Å². The summed E-state index contributed by atoms with van der Waals surface area (Å²) in [5, 5.41) is 14.5. The normalized spacial score (nSPS) is 18.4. The van der Waals surface area contributed by atoms with Crippen molar-refractivity contribution in [2.45, 2.75) is 33.2 Å². The van der Waals surface area contributed by atoms with E-state index in [0.717, 1.165) is 78.8 Å². The summed E-state index contributed by atoms with van der Waals surface area (Å²) in [6.07, 6.45) is 1.10. The maximum atomic E-state index is 6.20. The zero-order chi connectivity index (χ0) is 23.7. The maximum Gasteiger partial charge on any atom is 0.164 e. The number of aliphatic imine (C=N–C) groups is 1. The van der Waals surface area contributed by atoms with Gasteiger partial charge < -0.3 is 10.1 Å². The van der Waals surface area contributed by atoms with Gasteiger partial charge in [0.2, 0.25) is 0 Å². The summed E-state index contributed by atoms with van der Waals surface area (Å²) >= 11 is 7.98. The number of rotatable bonds is 7. The number of nitrogens with one attached hydrogen (secondary N) is 1. The number of halogens is 1. The molecule has 0 bridgehead atoms. The highest BCUT2D eigenvalue weighted by molar-refractivity contribution is 7.15. The van der Waals surface area contributed by atoms with Crippen molar-refractivity contribution in [1.29, 1.82) is 0 Å². The van der Waals surface area contributed by atoms with Gasteiger partial charge in [-0.1, -0.05) is 23.7 Å². The highest BCUT2D eigenvalue weighted by Crippen LogP contribution is 2.38. The number of aryl methyl sites for hydroxylation is 2. The molecule has 4 heterocycles. The largest absolute Gasteiger partial charge is 0.379 e. The standard InChI is InChI=1S/C25H31ClN6OS/c1-16-17(2)34-25-22(16)23(19-5-7-20(26)8-6-19)28-21(24-30-29-18(3)32(24)25)15-27-9-4-10-31-11-13-33-14-12-31/h5-8,21,27H,4,9-15H2,1-3H3. The molecule has 1 aromatic carbocycles. The highest BCUT2D eigenvalue weighted by Gasteiger charge is 2.31. The van der Waals surface area contributed by atoms with E-state index in [1.54, 1.807) is 11.3 Å². The number of ether oxygens (including phenoxy) is 1. The summed E-state index contributed by atoms with van der Waals surface area (Å²) in [5.74, 6) is 1.78. The Morgan fingerprint density at radius 2 is 1.88 bits per heavy atom. The van der Waals surface area contributed by atoms with Crippen LogP contribution in [0, 0.1) is 20.8 Å². The second-order valence-corrected chi connectivity index (χ2v) is 10.6. The van der Waals surface area contributed by atoms with Crippen LogP contribution in [0.5, 0.6) is 0 Å². The Labute approximate surface area is 209 Å². The van der Waals surface area contributed by atoms with Crippen molar-refractivity contribution < 1.29 is 4.74 Å². The van der Waals surface area contributed by atoms with E-state index in [4.69, 9.17) is 21.3 Å². The fourth-order valence-corrected chi connectivity index (χ4v) is 5.96. The number of fused-ring (bicyclic) bond motifs is 3. The molecule has 0 aliphatic carbocycles. The van der Waals surface area contributed by atoms with Gasteiger partial charge in [0.1, 0.15) is 16.9 Å². The first-order valence-electron chi connectivity index (χ1n) is 11.9. The Hall–Kier alpha value is -2.10. The molecule has 0 amide bonds. The van der Waals surface area contributed by atoms with Gasteiger partial charge in [-0.25, -0.2) is 0 Å². The van der Waals surface area contributed by atoms with Crippen LogP contribution in [0.15, 0.2) is 29.3 Å². The van der Waals surface area contributed by atoms with Crippen LogP contribution in [-0.2, 0) is 4.74 Å². The lowest BCUT2D eigenvalue weighted by atomic mass is 10.00. The van der Waals surface area contributed by atoms with Gasteiger partial charge in [-0.3, -0.25) is 14.5 Å². The van der Waals surface area contributed by atoms with Crippen molar-refractivity contribution in [2.75, 3.05) is 45.9 Å². The maximum absolute atomic E-state index is 6.20. The zero-order valence-corrected chi connectivity index (χ0v) is 21.5. The summed E-state index contributed by atoms with van der Waals surface area (Å²) in [6, 6.07) is 7.85. The predicted octanol–water partition coefficient (Wildman–Crippen LogP) is 4.11. The third-order valence-electron chi connectivity index (χ3n) is 6.63. The lowest BCUT2D eigenvalue weighted by molar-refractivity contribution is 0.0374. The van der Waals surface area contributed by atoms with Crippen molar-refractivity contribution >= 4 is 28.6 Å². The second kappa shape index (κ2) is 10.3. The molecule has 3 aromatic rings. The molecule has 180 valence electrons. The molecule has 0 radical (unpaired) electrons. The van der Waals surface area contributed by atoms with E-state index in [0.29, 0.717) is 6.54 Å². The molecule has 7 nitrogen and oxygen atoms in total. The minimum atomic E-state index is -0.130. The molecule has 1 atom stereocenters. The lowest BCUT2D eigenvalue weighted by Crippen LogP contribution is -2.38. The van der Waals surface area contributed by atoms with Crippen LogP contribution in [0.1, 0.15) is 45.7 Å². The number of hydrogen-bond acceptors (Lipinski definition) is 7. The SMILES string of the molecule is Cc1sc2c(c1C)C(c1ccc(Cl)cc1)=NC(CNCCCN1CCOCC1)c1nnc(C)n1-2. The quantitative estimate of drug-likeness (QED) is 0.496. The smallest absolute Gasteiger partial charge is 0.164 e. The lowest BCUT2D eigenvalue weighted by Gasteiger charge is -2.26. The van der Waals surface area contributed by atoms with Gasteiger partial charge in [0.15, 0.2) is 5.82 Å². The number of hydrogen-bond donors (Lipinski definition) is 1. The van der Waals surface area contributed by atoms with E-state index in [2.05, 4.69) is 51.0 Å². The Kier molecular flexibility index (Phi) is 7.13. The van der Waals surface area contributed by atoms with Crippen molar-refractivity contribution in [3.05, 3.63) is 62.5 Å². The second-order valence-electron chi connectivity index (χ2n) is 8.92. The number of aromatic nitrogens is 3. The van der Waals surface area contributed by atoms with Crippen LogP contribution >= 0.6 is 22.9 Å². The molecule has 34 heavy (non-hydrogen) atoms. The minimum absolute atomic E-state index is 0.130. The van der Waals surface area contributed by atoms with Gasteiger partial charge in [0.25, 0.3) is 0 Å². The fourth-order valence-electron chi connectivity index (χ4n) is 4.62. The number of morpholine rings is 1. The van der Waals surface area contributed by atoms with Crippen molar-refractivity contribution in [2.24, 2.45) is 4.99 Å². The molecule has 1 N–H and O–H groups in total. The monoisotopic (exact) mass is 498 g/mol. The molecule has 9 heteroatoms. The summed E-state index contributed by atoms with van der Waals surface area (Å²) in [7, 11) is 0. The topological polar surface area (TPSA) is 67.6 Å². The third-order valence-corrected chi connectivity index (χ3v) is 8.07. The van der Waals surface area contributed by atoms with Crippen molar-refractivity contribution in [1.82, 2.24) is 25.0 Å². The van der Waals surface area contributed by atoms with Crippen LogP contribution in [0.25, 0.3) is 5.00 Å². The highest BCUT2D eigenvalue weighted by atomic mass is 35.5. The Morgan fingerprint density at radius 1 is 1.12 bits per heavy atom. The summed E-state index contributed by atoms with van der Waals surface area (Å²) in [4.78, 5) is 9.05. The summed E-state index contributed by atoms with van der Waals surface area (Å²) in [5.41, 5.74) is 4.49. The van der Waals surface area contributed by atoms with Gasteiger partial charge in [-0.2, -0.15) is 0 Å². The Morgan fingerprint density at radius 3 is 2.65 bits per heavy atom. The van der Waals surface area contributed by atoms with Crippen molar-refractivity contribution in [3.8, 4) is 5.00 Å². The Bertz CT molecular complexity index is 1180. The van der Waals surface area contributed by atoms with E-state index in [1.165, 1.54) is 16.0 Å². The van der Waals surface area contributed by atoms with E-state index in [-0.39, 0.29) is 6.04 Å². The molecule has 2 aliphatic rings. The molecule has 5 rings (SSSR count). The molecule has 0 saturated carbocycles. The molecule has 2 aromatic heterocycles. The summed E-state index contributed by atoms with van der Waals surface area (Å²) < 4.78 is 7.65. The van der Waals surface area contributed by atoms with E-state index in [1.807, 2.05) is 19.1 Å². The van der Waals surface area contributed by atoms with Crippen LogP contribution < -0.4 is 5.32 Å². The van der Waals surface area contributed by atoms with Crippen LogP contribution in [0.2, 0.25) is 5.02 Å². The van der Waals surface area contributed by atoms with E-state index < -0.39 is 0 Å². The number of benzene rings is 1. The summed E-state index contributed by atoms with van der Waals surface area (Å²) in [6.45, 7) is 12.8. The van der Waals surface area contributed by atoms with Gasteiger partial charge in [-0.05, 0) is 58.0 Å². The van der Waals surface area contributed by atoms with Gasteiger partial charge >= 0.3 is 0 Å². The molecule has 1 saturated heterocycles. The van der Waals surface area contributed by atoms with Gasteiger partial charge in [-0.15, -0.1) is 21.5 Å². The molecular weight excluding hydrogens is 468 g/mol. The average molecular weight is 499 g/mol. The van der Waals surface area contributed by atoms with Gasteiger partial charge in [0.05, 0.1) is 18.9 Å². The third kappa shape index (κ3) is 4.70. The molecular formula is C25H31ClN6OS. The number of thiophene rings is 1. The zero-order valence-electron chi connectivity index (χ0n) is 20.0. The number of nitrogens with zero attached hydrogens (tertiary/aromatic N) is 5. The predicted molar refractivity (Wildman–Crippen MR) is 138 cm³/mol.